The Morgan fingerprint density at radius 1 is 1.07 bits per heavy atom. The van der Waals surface area contributed by atoms with Gasteiger partial charge in [-0.2, -0.15) is 0 Å². The molecule has 0 fully saturated rings. The van der Waals surface area contributed by atoms with E-state index in [1.54, 1.807) is 0 Å². The molecule has 1 rings (SSSR count). The molecular weight excluding hydrogens is 459 g/mol. The number of hydrogen-bond donors (Lipinski definition) is 1. The maximum Gasteiger partial charge on any atom is 0.345 e. The van der Waals surface area contributed by atoms with E-state index in [4.69, 9.17) is 58.9 Å². The maximum atomic E-state index is 11.7. The van der Waals surface area contributed by atoms with Gasteiger partial charge in [-0.05, 0) is 19.1 Å². The highest BCUT2D eigenvalue weighted by atomic mass is 35.5. The molecule has 10 heteroatoms. The Labute approximate surface area is 189 Å². The topological polar surface area (TPSA) is 91.3 Å². The second-order valence-corrected chi connectivity index (χ2v) is 6.72. The third kappa shape index (κ3) is 10.7. The molecule has 0 unspecified atom stereocenters. The van der Waals surface area contributed by atoms with Crippen molar-refractivity contribution >= 4 is 46.7 Å². The second-order valence-electron chi connectivity index (χ2n) is 5.50. The summed E-state index contributed by atoms with van der Waals surface area (Å²) in [5.74, 6) is 3.48. The fraction of sp³-hybridized carbons (Fsp3) is 0.400. The molecule has 0 aromatic heterocycles. The Balaban J connectivity index is 2.38. The highest BCUT2D eigenvalue weighted by Gasteiger charge is 2.10. The van der Waals surface area contributed by atoms with E-state index in [-0.39, 0.29) is 46.0 Å². The zero-order valence-electron chi connectivity index (χ0n) is 16.2. The average molecular weight is 480 g/mol. The summed E-state index contributed by atoms with van der Waals surface area (Å²) < 4.78 is 20.5. The molecule has 30 heavy (non-hydrogen) atoms. The van der Waals surface area contributed by atoms with E-state index in [0.29, 0.717) is 19.8 Å². The smallest absolute Gasteiger partial charge is 0.345 e. The van der Waals surface area contributed by atoms with Crippen molar-refractivity contribution in [2.75, 3.05) is 39.6 Å². The van der Waals surface area contributed by atoms with Gasteiger partial charge in [0.05, 0.1) is 34.9 Å². The number of halogens is 3. The van der Waals surface area contributed by atoms with E-state index in [1.807, 2.05) is 6.92 Å². The van der Waals surface area contributed by atoms with Crippen LogP contribution in [0.4, 0.5) is 0 Å². The van der Waals surface area contributed by atoms with Crippen LogP contribution >= 0.6 is 34.8 Å². The molecule has 0 spiro atoms. The molecule has 0 saturated carbocycles. The lowest BCUT2D eigenvalue weighted by atomic mass is 10.2. The lowest BCUT2D eigenvalue weighted by Crippen LogP contribution is -2.15. The summed E-state index contributed by atoms with van der Waals surface area (Å²) in [6, 6.07) is 2.78. The lowest BCUT2D eigenvalue weighted by Gasteiger charge is -2.08. The molecule has 164 valence electrons. The van der Waals surface area contributed by atoms with Gasteiger partial charge in [-0.3, -0.25) is 0 Å². The van der Waals surface area contributed by atoms with Crippen LogP contribution in [0.15, 0.2) is 23.8 Å². The number of aliphatic carboxylic acids is 1. The van der Waals surface area contributed by atoms with Crippen molar-refractivity contribution in [2.24, 2.45) is 0 Å². The minimum atomic E-state index is -1.10. The number of carbonyl (C=O) groups excluding carboxylic acids is 1. The Morgan fingerprint density at radius 3 is 2.47 bits per heavy atom. The summed E-state index contributed by atoms with van der Waals surface area (Å²) >= 11 is 17.6. The number of ether oxygens (including phenoxy) is 4. The first-order chi connectivity index (χ1) is 14.3. The Morgan fingerprint density at radius 2 is 1.77 bits per heavy atom. The van der Waals surface area contributed by atoms with Crippen molar-refractivity contribution in [3.05, 3.63) is 38.8 Å². The molecule has 0 atom stereocenters. The van der Waals surface area contributed by atoms with Crippen molar-refractivity contribution in [2.45, 2.75) is 13.3 Å². The van der Waals surface area contributed by atoms with Crippen molar-refractivity contribution in [3.8, 4) is 17.6 Å². The first kappa shape index (κ1) is 26.1. The van der Waals surface area contributed by atoms with Crippen LogP contribution < -0.4 is 4.74 Å². The van der Waals surface area contributed by atoms with E-state index in [0.717, 1.165) is 0 Å². The summed E-state index contributed by atoms with van der Waals surface area (Å²) in [6.45, 7) is 2.90. The Hall–Kier alpha value is -1.95. The van der Waals surface area contributed by atoms with Gasteiger partial charge in [-0.1, -0.05) is 46.6 Å². The molecule has 0 aliphatic carbocycles. The van der Waals surface area contributed by atoms with Crippen LogP contribution in [0.1, 0.15) is 13.3 Å². The molecule has 0 aliphatic heterocycles. The zero-order valence-corrected chi connectivity index (χ0v) is 18.5. The molecule has 0 saturated heterocycles. The normalized spacial score (nSPS) is 10.9. The van der Waals surface area contributed by atoms with E-state index in [9.17, 15) is 9.59 Å². The Bertz CT molecular complexity index is 813. The summed E-state index contributed by atoms with van der Waals surface area (Å²) in [5.41, 5.74) is 0.0860. The third-order valence-electron chi connectivity index (χ3n) is 3.34. The van der Waals surface area contributed by atoms with Crippen LogP contribution in [0.3, 0.4) is 0 Å². The molecule has 0 aliphatic rings. The van der Waals surface area contributed by atoms with Gasteiger partial charge in [0, 0.05) is 24.7 Å². The molecule has 0 radical (unpaired) electrons. The van der Waals surface area contributed by atoms with Crippen molar-refractivity contribution in [1.29, 1.82) is 0 Å². The van der Waals surface area contributed by atoms with Crippen LogP contribution in [0.2, 0.25) is 15.1 Å². The van der Waals surface area contributed by atoms with Gasteiger partial charge in [0.1, 0.15) is 5.75 Å². The predicted octanol–water partition coefficient (Wildman–Crippen LogP) is 4.03. The van der Waals surface area contributed by atoms with Gasteiger partial charge >= 0.3 is 11.9 Å². The fourth-order valence-corrected chi connectivity index (χ4v) is 2.47. The fourth-order valence-electron chi connectivity index (χ4n) is 1.88. The van der Waals surface area contributed by atoms with Gasteiger partial charge in [0.2, 0.25) is 0 Å². The third-order valence-corrected chi connectivity index (χ3v) is 4.36. The maximum absolute atomic E-state index is 11.7. The highest BCUT2D eigenvalue weighted by Crippen LogP contribution is 2.33. The summed E-state index contributed by atoms with van der Waals surface area (Å²) in [7, 11) is 0. The number of carboxylic acid groups (broad SMARTS) is 1. The van der Waals surface area contributed by atoms with Crippen LogP contribution in [0.25, 0.3) is 0 Å². The van der Waals surface area contributed by atoms with E-state index in [1.165, 1.54) is 18.2 Å². The largest absolute Gasteiger partial charge is 0.480 e. The first-order valence-electron chi connectivity index (χ1n) is 8.84. The number of rotatable bonds is 12. The van der Waals surface area contributed by atoms with Crippen molar-refractivity contribution in [3.63, 3.8) is 0 Å². The summed E-state index contributed by atoms with van der Waals surface area (Å²) in [5, 5.41) is 9.84. The molecule has 1 aromatic rings. The highest BCUT2D eigenvalue weighted by molar-refractivity contribution is 6.43. The number of allylic oxidation sites excluding steroid dienone is 1. The SMILES string of the molecule is CCOCCOCC/C(=C\C#CCOC(=O)COc1cc(Cl)c(Cl)cc1Cl)C(=O)O. The average Bonchev–Trinajstić information content (AvgIpc) is 2.70. The number of carboxylic acids is 1. The van der Waals surface area contributed by atoms with Gasteiger partial charge in [0.25, 0.3) is 0 Å². The predicted molar refractivity (Wildman–Crippen MR) is 113 cm³/mol. The molecule has 0 heterocycles. The van der Waals surface area contributed by atoms with E-state index in [2.05, 4.69) is 11.8 Å². The zero-order chi connectivity index (χ0) is 22.4. The van der Waals surface area contributed by atoms with Gasteiger partial charge in [0.15, 0.2) is 13.2 Å². The number of carbonyl (C=O) groups is 2. The second kappa shape index (κ2) is 14.9. The monoisotopic (exact) mass is 478 g/mol. The van der Waals surface area contributed by atoms with Crippen molar-refractivity contribution in [1.82, 2.24) is 0 Å². The van der Waals surface area contributed by atoms with Gasteiger partial charge in [-0.25, -0.2) is 9.59 Å². The summed E-state index contributed by atoms with van der Waals surface area (Å²) in [4.78, 5) is 22.9. The number of esters is 1. The minimum Gasteiger partial charge on any atom is -0.480 e. The molecule has 1 aromatic carbocycles. The molecule has 7 nitrogen and oxygen atoms in total. The molecular formula is C20H21Cl3O7. The van der Waals surface area contributed by atoms with E-state index < -0.39 is 18.5 Å². The van der Waals surface area contributed by atoms with Gasteiger partial charge in [-0.15, -0.1) is 0 Å². The van der Waals surface area contributed by atoms with Crippen LogP contribution in [-0.2, 0) is 23.8 Å². The number of benzene rings is 1. The quantitative estimate of drug-likeness (QED) is 0.159. The Kier molecular flexibility index (Phi) is 13.0. The summed E-state index contributed by atoms with van der Waals surface area (Å²) in [6.07, 6.45) is 1.43. The van der Waals surface area contributed by atoms with Crippen LogP contribution in [0.5, 0.6) is 5.75 Å². The first-order valence-corrected chi connectivity index (χ1v) is 9.97. The minimum absolute atomic E-state index is 0.0860. The molecule has 0 amide bonds. The molecule has 0 bridgehead atoms. The molecule has 1 N–H and O–H groups in total. The van der Waals surface area contributed by atoms with E-state index >= 15 is 0 Å². The van der Waals surface area contributed by atoms with Gasteiger partial charge < -0.3 is 24.1 Å². The van der Waals surface area contributed by atoms with Crippen LogP contribution in [0, 0.1) is 11.8 Å². The lowest BCUT2D eigenvalue weighted by molar-refractivity contribution is -0.144. The number of hydrogen-bond acceptors (Lipinski definition) is 6. The standard InChI is InChI=1S/C20H21Cl3O7/c1-2-27-9-10-28-8-6-14(20(25)26)5-3-4-7-29-19(24)13-30-18-12-16(22)15(21)11-17(18)23/h5,11-12H,2,6-10,13H2,1H3,(H,25,26)/b14-5+. The van der Waals surface area contributed by atoms with Crippen molar-refractivity contribution < 1.29 is 33.6 Å². The van der Waals surface area contributed by atoms with Crippen LogP contribution in [-0.4, -0.2) is 56.7 Å².